The highest BCUT2D eigenvalue weighted by Crippen LogP contribution is 2.27. The molecule has 0 spiro atoms. The van der Waals surface area contributed by atoms with Crippen molar-refractivity contribution in [3.8, 4) is 0 Å². The molecular formula is C11H17N5O3S2. The molecule has 2 aromatic rings. The first-order valence-corrected chi connectivity index (χ1v) is 9.55. The lowest BCUT2D eigenvalue weighted by molar-refractivity contribution is 0.193. The van der Waals surface area contributed by atoms with Crippen LogP contribution >= 0.6 is 11.3 Å². The summed E-state index contributed by atoms with van der Waals surface area (Å²) in [6.45, 7) is 1.36. The molecule has 0 aromatic carbocycles. The lowest BCUT2D eigenvalue weighted by Gasteiger charge is -2.06. The molecule has 0 aliphatic carbocycles. The summed E-state index contributed by atoms with van der Waals surface area (Å²) in [6.07, 6.45) is 2.47. The normalized spacial score (nSPS) is 21.1. The Morgan fingerprint density at radius 1 is 1.52 bits per heavy atom. The first kappa shape index (κ1) is 14.8. The molecule has 1 saturated heterocycles. The summed E-state index contributed by atoms with van der Waals surface area (Å²) in [5.41, 5.74) is 6.03. The summed E-state index contributed by atoms with van der Waals surface area (Å²) in [7, 11) is -3.02. The van der Waals surface area contributed by atoms with Gasteiger partial charge >= 0.3 is 0 Å². The molecule has 2 N–H and O–H groups in total. The Balaban J connectivity index is 1.80. The molecule has 0 amide bonds. The summed E-state index contributed by atoms with van der Waals surface area (Å²) >= 11 is 1.35. The van der Waals surface area contributed by atoms with Gasteiger partial charge in [0.25, 0.3) is 0 Å². The predicted octanol–water partition coefficient (Wildman–Crippen LogP) is 0.124. The van der Waals surface area contributed by atoms with Gasteiger partial charge in [0.05, 0.1) is 18.4 Å². The van der Waals surface area contributed by atoms with E-state index in [9.17, 15) is 8.42 Å². The molecule has 1 fully saturated rings. The predicted molar refractivity (Wildman–Crippen MR) is 78.1 cm³/mol. The zero-order chi connectivity index (χ0) is 15.0. The first-order valence-electron chi connectivity index (χ1n) is 6.67. The lowest BCUT2D eigenvalue weighted by atomic mass is 10.1. The summed E-state index contributed by atoms with van der Waals surface area (Å²) in [4.78, 5) is 0.682. The second-order valence-corrected chi connectivity index (χ2v) is 8.53. The maximum absolute atomic E-state index is 11.2. The third-order valence-electron chi connectivity index (χ3n) is 3.44. The number of sulfone groups is 1. The van der Waals surface area contributed by atoms with E-state index in [0.717, 1.165) is 18.9 Å². The third-order valence-corrected chi connectivity index (χ3v) is 5.45. The van der Waals surface area contributed by atoms with E-state index >= 15 is 0 Å². The van der Waals surface area contributed by atoms with Crippen molar-refractivity contribution in [2.45, 2.75) is 24.8 Å². The van der Waals surface area contributed by atoms with E-state index < -0.39 is 15.9 Å². The van der Waals surface area contributed by atoms with Crippen molar-refractivity contribution in [1.29, 1.82) is 0 Å². The fourth-order valence-electron chi connectivity index (χ4n) is 2.25. The van der Waals surface area contributed by atoms with Gasteiger partial charge in [0.15, 0.2) is 5.82 Å². The van der Waals surface area contributed by atoms with E-state index in [-0.39, 0.29) is 11.7 Å². The molecule has 0 radical (unpaired) electrons. The average Bonchev–Trinajstić information content (AvgIpc) is 3.09. The standard InChI is InChI=1S/C11H17N5O3S2/c1-21(17,18)5-3-8(12)10-15-16-9(7-2-4-19-6-7)13-14-11(16)20-10/h7-8H,2-6,12H2,1H3. The largest absolute Gasteiger partial charge is 0.381 e. The van der Waals surface area contributed by atoms with Crippen molar-refractivity contribution in [3.05, 3.63) is 10.8 Å². The van der Waals surface area contributed by atoms with Crippen LogP contribution in [-0.4, -0.2) is 53.5 Å². The number of nitrogens with zero attached hydrogens (tertiary/aromatic N) is 4. The summed E-state index contributed by atoms with van der Waals surface area (Å²) in [6, 6.07) is -0.404. The quantitative estimate of drug-likeness (QED) is 0.828. The van der Waals surface area contributed by atoms with Crippen molar-refractivity contribution >= 4 is 26.1 Å². The third kappa shape index (κ3) is 3.23. The van der Waals surface area contributed by atoms with Gasteiger partial charge in [0.1, 0.15) is 14.8 Å². The minimum atomic E-state index is -3.02. The molecule has 1 aliphatic heterocycles. The Hall–Kier alpha value is -1.10. The number of fused-ring (bicyclic) bond motifs is 1. The number of nitrogens with two attached hydrogens (primary N) is 1. The molecule has 0 bridgehead atoms. The maximum atomic E-state index is 11.2. The smallest absolute Gasteiger partial charge is 0.234 e. The Bertz CT molecular complexity index is 732. The van der Waals surface area contributed by atoms with Gasteiger partial charge in [-0.3, -0.25) is 0 Å². The van der Waals surface area contributed by atoms with E-state index in [1.807, 2.05) is 0 Å². The highest BCUT2D eigenvalue weighted by molar-refractivity contribution is 7.90. The maximum Gasteiger partial charge on any atom is 0.234 e. The van der Waals surface area contributed by atoms with Gasteiger partial charge < -0.3 is 10.5 Å². The molecule has 116 valence electrons. The zero-order valence-corrected chi connectivity index (χ0v) is 13.2. The van der Waals surface area contributed by atoms with Crippen LogP contribution in [0.3, 0.4) is 0 Å². The monoisotopic (exact) mass is 331 g/mol. The summed E-state index contributed by atoms with van der Waals surface area (Å²) < 4.78 is 29.5. The molecule has 3 heterocycles. The molecular weight excluding hydrogens is 314 g/mol. The van der Waals surface area contributed by atoms with Crippen LogP contribution in [0.1, 0.15) is 35.6 Å². The molecule has 21 heavy (non-hydrogen) atoms. The Kier molecular flexibility index (Phi) is 3.95. The number of aromatic nitrogens is 4. The molecule has 0 saturated carbocycles. The fraction of sp³-hybridized carbons (Fsp3) is 0.727. The minimum Gasteiger partial charge on any atom is -0.381 e. The number of hydrogen-bond acceptors (Lipinski definition) is 8. The van der Waals surface area contributed by atoms with Crippen LogP contribution in [0.15, 0.2) is 0 Å². The van der Waals surface area contributed by atoms with Crippen molar-refractivity contribution in [3.63, 3.8) is 0 Å². The van der Waals surface area contributed by atoms with Gasteiger partial charge in [0, 0.05) is 18.8 Å². The first-order chi connectivity index (χ1) is 9.94. The van der Waals surface area contributed by atoms with Crippen LogP contribution in [0, 0.1) is 0 Å². The van der Waals surface area contributed by atoms with Gasteiger partial charge in [-0.25, -0.2) is 8.42 Å². The van der Waals surface area contributed by atoms with E-state index in [1.165, 1.54) is 17.6 Å². The second kappa shape index (κ2) is 5.59. The van der Waals surface area contributed by atoms with Crippen LogP contribution in [0.5, 0.6) is 0 Å². The van der Waals surface area contributed by atoms with E-state index in [1.54, 1.807) is 4.52 Å². The molecule has 10 heteroatoms. The number of ether oxygens (including phenoxy) is 1. The van der Waals surface area contributed by atoms with E-state index in [4.69, 9.17) is 10.5 Å². The zero-order valence-electron chi connectivity index (χ0n) is 11.6. The van der Waals surface area contributed by atoms with E-state index in [0.29, 0.717) is 23.0 Å². The van der Waals surface area contributed by atoms with Crippen molar-refractivity contribution in [2.75, 3.05) is 25.2 Å². The van der Waals surface area contributed by atoms with Crippen LogP contribution < -0.4 is 5.73 Å². The highest BCUT2D eigenvalue weighted by atomic mass is 32.2. The Morgan fingerprint density at radius 2 is 2.33 bits per heavy atom. The molecule has 2 aromatic heterocycles. The Labute approximate surface area is 126 Å². The Morgan fingerprint density at radius 3 is 3.00 bits per heavy atom. The SMILES string of the molecule is CS(=O)(=O)CCC(N)c1nn2c(C3CCOC3)nnc2s1. The summed E-state index contributed by atoms with van der Waals surface area (Å²) in [5, 5.41) is 13.4. The summed E-state index contributed by atoms with van der Waals surface area (Å²) in [5.74, 6) is 1.06. The van der Waals surface area contributed by atoms with Gasteiger partial charge in [-0.05, 0) is 12.8 Å². The number of hydrogen-bond donors (Lipinski definition) is 1. The fourth-order valence-corrected chi connectivity index (χ4v) is 3.82. The topological polar surface area (TPSA) is 112 Å². The van der Waals surface area contributed by atoms with Crippen molar-refractivity contribution in [1.82, 2.24) is 19.8 Å². The molecule has 2 unspecified atom stereocenters. The number of rotatable bonds is 5. The highest BCUT2D eigenvalue weighted by Gasteiger charge is 2.25. The van der Waals surface area contributed by atoms with Crippen LogP contribution in [0.2, 0.25) is 0 Å². The van der Waals surface area contributed by atoms with Gasteiger partial charge in [-0.15, -0.1) is 10.2 Å². The van der Waals surface area contributed by atoms with Crippen molar-refractivity contribution < 1.29 is 13.2 Å². The average molecular weight is 331 g/mol. The van der Waals surface area contributed by atoms with Crippen LogP contribution in [-0.2, 0) is 14.6 Å². The van der Waals surface area contributed by atoms with Gasteiger partial charge in [0.2, 0.25) is 4.96 Å². The van der Waals surface area contributed by atoms with Gasteiger partial charge in [-0.1, -0.05) is 11.3 Å². The van der Waals surface area contributed by atoms with Gasteiger partial charge in [-0.2, -0.15) is 9.61 Å². The molecule has 8 nitrogen and oxygen atoms in total. The second-order valence-electron chi connectivity index (χ2n) is 5.28. The lowest BCUT2D eigenvalue weighted by Crippen LogP contribution is -2.16. The van der Waals surface area contributed by atoms with Crippen molar-refractivity contribution in [2.24, 2.45) is 5.73 Å². The minimum absolute atomic E-state index is 0.0532. The molecule has 3 rings (SSSR count). The van der Waals surface area contributed by atoms with E-state index in [2.05, 4.69) is 15.3 Å². The molecule has 1 aliphatic rings. The van der Waals surface area contributed by atoms with Crippen LogP contribution in [0.25, 0.3) is 4.96 Å². The van der Waals surface area contributed by atoms with Crippen LogP contribution in [0.4, 0.5) is 0 Å². The molecule has 2 atom stereocenters.